The first-order valence-corrected chi connectivity index (χ1v) is 11.8. The molecule has 3 aromatic rings. The number of rotatable bonds is 7. The van der Waals surface area contributed by atoms with Gasteiger partial charge in [0.2, 0.25) is 0 Å². The van der Waals surface area contributed by atoms with Crippen molar-refractivity contribution in [3.05, 3.63) is 71.5 Å². The molecule has 1 aliphatic heterocycles. The number of alkyl halides is 3. The molecule has 0 N–H and O–H groups in total. The zero-order chi connectivity index (χ0) is 23.4. The SMILES string of the molecule is C[C@H](Sc1nnc(CN2CCCCC2)n1-c1ccccc1C(F)(F)F)C(=O)c1ccccc1. The number of ketones is 1. The molecule has 0 amide bonds. The van der Waals surface area contributed by atoms with Crippen LogP contribution in [0.15, 0.2) is 59.8 Å². The van der Waals surface area contributed by atoms with E-state index in [0.29, 0.717) is 17.9 Å². The maximum Gasteiger partial charge on any atom is 0.418 e. The maximum absolute atomic E-state index is 13.8. The van der Waals surface area contributed by atoms with Crippen molar-refractivity contribution in [1.82, 2.24) is 19.7 Å². The molecule has 2 heterocycles. The fourth-order valence-electron chi connectivity index (χ4n) is 4.00. The molecular formula is C24H25F3N4OS. The van der Waals surface area contributed by atoms with E-state index in [1.54, 1.807) is 37.3 Å². The van der Waals surface area contributed by atoms with E-state index in [4.69, 9.17) is 0 Å². The first kappa shape index (κ1) is 23.5. The fourth-order valence-corrected chi connectivity index (χ4v) is 4.95. The standard InChI is InChI=1S/C24H25F3N4OS/c1-17(22(32)18-10-4-2-5-11-18)33-23-29-28-21(16-30-14-8-3-9-15-30)31(23)20-13-7-6-12-19(20)24(25,26)27/h2,4-7,10-13,17H,3,8-9,14-16H2,1H3/t17-/m0/s1. The minimum atomic E-state index is -4.53. The van der Waals surface area contributed by atoms with Crippen LogP contribution in [-0.4, -0.2) is 43.8 Å². The van der Waals surface area contributed by atoms with Crippen LogP contribution in [0, 0.1) is 0 Å². The Bertz CT molecular complexity index is 1090. The zero-order valence-electron chi connectivity index (χ0n) is 18.3. The first-order chi connectivity index (χ1) is 15.8. The average Bonchev–Trinajstić information content (AvgIpc) is 3.20. The zero-order valence-corrected chi connectivity index (χ0v) is 19.1. The van der Waals surface area contributed by atoms with Crippen molar-refractivity contribution in [3.63, 3.8) is 0 Å². The van der Waals surface area contributed by atoms with Crippen LogP contribution in [0.1, 0.15) is 47.9 Å². The summed E-state index contributed by atoms with van der Waals surface area (Å²) in [5.41, 5.74) is -0.231. The van der Waals surface area contributed by atoms with Gasteiger partial charge in [-0.15, -0.1) is 10.2 Å². The van der Waals surface area contributed by atoms with E-state index >= 15 is 0 Å². The Balaban J connectivity index is 1.71. The number of likely N-dealkylation sites (tertiary alicyclic amines) is 1. The molecule has 0 aliphatic carbocycles. The minimum absolute atomic E-state index is 0.0242. The molecule has 1 saturated heterocycles. The highest BCUT2D eigenvalue weighted by Crippen LogP contribution is 2.36. The van der Waals surface area contributed by atoms with Gasteiger partial charge < -0.3 is 0 Å². The average molecular weight is 475 g/mol. The molecule has 4 rings (SSSR count). The number of aromatic nitrogens is 3. The molecule has 1 fully saturated rings. The van der Waals surface area contributed by atoms with Crippen molar-refractivity contribution >= 4 is 17.5 Å². The summed E-state index contributed by atoms with van der Waals surface area (Å²) in [7, 11) is 0. The Morgan fingerprint density at radius 2 is 1.67 bits per heavy atom. The van der Waals surface area contributed by atoms with E-state index in [2.05, 4.69) is 15.1 Å². The van der Waals surface area contributed by atoms with E-state index < -0.39 is 17.0 Å². The van der Waals surface area contributed by atoms with Crippen molar-refractivity contribution in [2.45, 2.75) is 49.3 Å². The third-order valence-electron chi connectivity index (χ3n) is 5.67. The van der Waals surface area contributed by atoms with Gasteiger partial charge in [0.15, 0.2) is 16.8 Å². The number of halogens is 3. The predicted octanol–water partition coefficient (Wildman–Crippen LogP) is 5.64. The molecule has 1 atom stereocenters. The number of piperidine rings is 1. The Hall–Kier alpha value is -2.65. The summed E-state index contributed by atoms with van der Waals surface area (Å²) in [5, 5.41) is 8.22. The second-order valence-corrected chi connectivity index (χ2v) is 9.38. The largest absolute Gasteiger partial charge is 0.418 e. The quantitative estimate of drug-likeness (QED) is 0.328. The number of carbonyl (C=O) groups is 1. The van der Waals surface area contributed by atoms with E-state index in [9.17, 15) is 18.0 Å². The highest BCUT2D eigenvalue weighted by molar-refractivity contribution is 8.00. The lowest BCUT2D eigenvalue weighted by Crippen LogP contribution is -2.30. The summed E-state index contributed by atoms with van der Waals surface area (Å²) in [5.74, 6) is 0.326. The lowest BCUT2D eigenvalue weighted by molar-refractivity contribution is -0.137. The summed E-state index contributed by atoms with van der Waals surface area (Å²) in [6.07, 6.45) is -1.27. The third kappa shape index (κ3) is 5.47. The smallest absolute Gasteiger partial charge is 0.296 e. The maximum atomic E-state index is 13.8. The lowest BCUT2D eigenvalue weighted by atomic mass is 10.1. The summed E-state index contributed by atoms with van der Waals surface area (Å²) >= 11 is 1.12. The molecule has 1 aromatic heterocycles. The number of carbonyl (C=O) groups excluding carboxylic acids is 1. The molecule has 0 unspecified atom stereocenters. The van der Waals surface area contributed by atoms with Crippen LogP contribution in [0.4, 0.5) is 13.2 Å². The van der Waals surface area contributed by atoms with E-state index in [1.807, 2.05) is 6.07 Å². The van der Waals surface area contributed by atoms with Gasteiger partial charge in [-0.25, -0.2) is 0 Å². The normalized spacial score (nSPS) is 16.0. The Morgan fingerprint density at radius 1 is 1.00 bits per heavy atom. The number of hydrogen-bond donors (Lipinski definition) is 0. The van der Waals surface area contributed by atoms with Gasteiger partial charge in [0.05, 0.1) is 23.0 Å². The van der Waals surface area contributed by atoms with Gasteiger partial charge >= 0.3 is 6.18 Å². The second-order valence-electron chi connectivity index (χ2n) is 8.08. The Morgan fingerprint density at radius 3 is 2.36 bits per heavy atom. The van der Waals surface area contributed by atoms with Crippen molar-refractivity contribution in [3.8, 4) is 5.69 Å². The topological polar surface area (TPSA) is 51.0 Å². The highest BCUT2D eigenvalue weighted by atomic mass is 32.2. The fraction of sp³-hybridized carbons (Fsp3) is 0.375. The van der Waals surface area contributed by atoms with Crippen molar-refractivity contribution < 1.29 is 18.0 Å². The summed E-state index contributed by atoms with van der Waals surface area (Å²) in [6.45, 7) is 3.89. The van der Waals surface area contributed by atoms with Crippen LogP contribution in [0.25, 0.3) is 5.69 Å². The highest BCUT2D eigenvalue weighted by Gasteiger charge is 2.35. The monoisotopic (exact) mass is 474 g/mol. The third-order valence-corrected chi connectivity index (χ3v) is 6.72. The molecule has 9 heteroatoms. The van der Waals surface area contributed by atoms with Gasteiger partial charge in [-0.3, -0.25) is 14.3 Å². The summed E-state index contributed by atoms with van der Waals surface area (Å²) in [4.78, 5) is 15.1. The van der Waals surface area contributed by atoms with Gasteiger partial charge in [-0.2, -0.15) is 13.2 Å². The molecule has 33 heavy (non-hydrogen) atoms. The van der Waals surface area contributed by atoms with Crippen LogP contribution >= 0.6 is 11.8 Å². The first-order valence-electron chi connectivity index (χ1n) is 10.9. The van der Waals surface area contributed by atoms with Gasteiger partial charge in [0, 0.05) is 5.56 Å². The lowest BCUT2D eigenvalue weighted by Gasteiger charge is -2.26. The molecule has 0 saturated carbocycles. The number of thioether (sulfide) groups is 1. The number of hydrogen-bond acceptors (Lipinski definition) is 5. The predicted molar refractivity (Wildman–Crippen MR) is 122 cm³/mol. The minimum Gasteiger partial charge on any atom is -0.296 e. The Kier molecular flexibility index (Phi) is 7.19. The summed E-state index contributed by atoms with van der Waals surface area (Å²) in [6, 6.07) is 14.3. The van der Waals surface area contributed by atoms with Crippen LogP contribution in [0.3, 0.4) is 0 Å². The van der Waals surface area contributed by atoms with Gasteiger partial charge in [0.25, 0.3) is 0 Å². The number of Topliss-reactive ketones (excluding diaryl/α,β-unsaturated/α-hetero) is 1. The molecule has 0 radical (unpaired) electrons. The van der Waals surface area contributed by atoms with Gasteiger partial charge in [-0.1, -0.05) is 60.6 Å². The Labute approximate surface area is 195 Å². The van der Waals surface area contributed by atoms with Crippen molar-refractivity contribution in [2.75, 3.05) is 13.1 Å². The van der Waals surface area contributed by atoms with Crippen LogP contribution < -0.4 is 0 Å². The molecule has 2 aromatic carbocycles. The molecule has 5 nitrogen and oxygen atoms in total. The molecule has 0 spiro atoms. The van der Waals surface area contributed by atoms with E-state index in [1.165, 1.54) is 16.7 Å². The number of para-hydroxylation sites is 1. The molecule has 0 bridgehead atoms. The van der Waals surface area contributed by atoms with Crippen molar-refractivity contribution in [2.24, 2.45) is 0 Å². The molecule has 1 aliphatic rings. The molecular weight excluding hydrogens is 449 g/mol. The van der Waals surface area contributed by atoms with Crippen LogP contribution in [0.5, 0.6) is 0 Å². The second kappa shape index (κ2) is 10.1. The number of nitrogens with zero attached hydrogens (tertiary/aromatic N) is 4. The van der Waals surface area contributed by atoms with Gasteiger partial charge in [-0.05, 0) is 45.0 Å². The van der Waals surface area contributed by atoms with Crippen LogP contribution in [0.2, 0.25) is 0 Å². The van der Waals surface area contributed by atoms with Crippen LogP contribution in [-0.2, 0) is 12.7 Å². The molecule has 174 valence electrons. The van der Waals surface area contributed by atoms with Crippen molar-refractivity contribution in [1.29, 1.82) is 0 Å². The number of benzene rings is 2. The summed E-state index contributed by atoms with van der Waals surface area (Å²) < 4.78 is 43.0. The van der Waals surface area contributed by atoms with E-state index in [-0.39, 0.29) is 16.6 Å². The van der Waals surface area contributed by atoms with E-state index in [0.717, 1.165) is 50.2 Å². The van der Waals surface area contributed by atoms with Gasteiger partial charge in [0.1, 0.15) is 0 Å².